The fraction of sp³-hybridized carbons (Fsp3) is 0.235. The Balaban J connectivity index is 1.84. The summed E-state index contributed by atoms with van der Waals surface area (Å²) in [6, 6.07) is 9.88. The standard InChI is InChI=1S/C17H19N5OS2/c1-11-6-4-8-14(22(2)18)13(11)10-25-17(24-3)20-15-12-7-5-9-19-16(12)23-21-15/h4-9H,10,18H2,1-3H3. The molecule has 0 unspecified atom stereocenters. The lowest BCUT2D eigenvalue weighted by molar-refractivity contribution is 0.451. The van der Waals surface area contributed by atoms with Crippen molar-refractivity contribution in [1.29, 1.82) is 0 Å². The lowest BCUT2D eigenvalue weighted by Gasteiger charge is -2.18. The van der Waals surface area contributed by atoms with Crippen molar-refractivity contribution in [2.45, 2.75) is 12.7 Å². The van der Waals surface area contributed by atoms with Crippen LogP contribution in [-0.4, -0.2) is 27.8 Å². The van der Waals surface area contributed by atoms with E-state index in [0.717, 1.165) is 21.2 Å². The van der Waals surface area contributed by atoms with Crippen LogP contribution in [0, 0.1) is 6.92 Å². The van der Waals surface area contributed by atoms with Gasteiger partial charge in [0.25, 0.3) is 5.71 Å². The predicted molar refractivity (Wildman–Crippen MR) is 107 cm³/mol. The first-order valence-corrected chi connectivity index (χ1v) is 9.84. The molecule has 0 saturated carbocycles. The molecule has 3 aromatic rings. The highest BCUT2D eigenvalue weighted by molar-refractivity contribution is 8.38. The van der Waals surface area contributed by atoms with E-state index in [1.807, 2.05) is 37.6 Å². The van der Waals surface area contributed by atoms with E-state index < -0.39 is 0 Å². The highest BCUT2D eigenvalue weighted by atomic mass is 32.2. The number of hydrogen-bond donors (Lipinski definition) is 1. The highest BCUT2D eigenvalue weighted by Crippen LogP contribution is 2.31. The van der Waals surface area contributed by atoms with Crippen molar-refractivity contribution in [2.24, 2.45) is 10.8 Å². The third kappa shape index (κ3) is 3.97. The van der Waals surface area contributed by atoms with Crippen LogP contribution in [-0.2, 0) is 5.75 Å². The SMILES string of the molecule is CSC(=Nc1noc2ncccc12)SCc1c(C)cccc1N(C)N. The molecule has 1 aromatic carbocycles. The molecule has 2 aromatic heterocycles. The van der Waals surface area contributed by atoms with Crippen LogP contribution in [0.1, 0.15) is 11.1 Å². The normalized spacial score (nSPS) is 11.9. The Morgan fingerprint density at radius 1 is 1.32 bits per heavy atom. The molecule has 130 valence electrons. The summed E-state index contributed by atoms with van der Waals surface area (Å²) in [6.45, 7) is 2.09. The first-order valence-electron chi connectivity index (χ1n) is 7.63. The van der Waals surface area contributed by atoms with Crippen LogP contribution in [0.3, 0.4) is 0 Å². The van der Waals surface area contributed by atoms with Gasteiger partial charge in [-0.15, -0.1) is 11.8 Å². The average Bonchev–Trinajstić information content (AvgIpc) is 3.02. The predicted octanol–water partition coefficient (Wildman–Crippen LogP) is 4.13. The van der Waals surface area contributed by atoms with Crippen molar-refractivity contribution in [3.05, 3.63) is 47.7 Å². The Labute approximate surface area is 154 Å². The van der Waals surface area contributed by atoms with Crippen molar-refractivity contribution < 1.29 is 4.52 Å². The fourth-order valence-electron chi connectivity index (χ4n) is 2.41. The molecule has 0 bridgehead atoms. The molecule has 0 atom stereocenters. The number of hydrazine groups is 1. The maximum atomic E-state index is 5.95. The highest BCUT2D eigenvalue weighted by Gasteiger charge is 2.12. The van der Waals surface area contributed by atoms with Crippen LogP contribution in [0.25, 0.3) is 11.1 Å². The van der Waals surface area contributed by atoms with Crippen molar-refractivity contribution in [3.8, 4) is 0 Å². The Morgan fingerprint density at radius 3 is 2.92 bits per heavy atom. The molecule has 2 heterocycles. The molecule has 8 heteroatoms. The van der Waals surface area contributed by atoms with Crippen LogP contribution in [0.5, 0.6) is 0 Å². The van der Waals surface area contributed by atoms with E-state index in [9.17, 15) is 0 Å². The number of aliphatic imine (C=N–C) groups is 1. The third-order valence-corrected chi connectivity index (χ3v) is 5.77. The summed E-state index contributed by atoms with van der Waals surface area (Å²) in [4.78, 5) is 8.78. The number of nitrogens with two attached hydrogens (primary N) is 1. The minimum absolute atomic E-state index is 0.498. The zero-order chi connectivity index (χ0) is 17.8. The van der Waals surface area contributed by atoms with Gasteiger partial charge in [-0.3, -0.25) is 0 Å². The van der Waals surface area contributed by atoms with Gasteiger partial charge in [-0.2, -0.15) is 0 Å². The Hall–Kier alpha value is -2.03. The zero-order valence-corrected chi connectivity index (χ0v) is 15.9. The van der Waals surface area contributed by atoms with E-state index in [1.54, 1.807) is 34.7 Å². The van der Waals surface area contributed by atoms with Gasteiger partial charge in [0, 0.05) is 19.0 Å². The number of fused-ring (bicyclic) bond motifs is 1. The van der Waals surface area contributed by atoms with Crippen molar-refractivity contribution in [3.63, 3.8) is 0 Å². The molecule has 3 rings (SSSR count). The van der Waals surface area contributed by atoms with Gasteiger partial charge in [-0.1, -0.05) is 29.1 Å². The van der Waals surface area contributed by atoms with E-state index in [2.05, 4.69) is 28.1 Å². The number of thioether (sulfide) groups is 2. The first-order chi connectivity index (χ1) is 12.1. The van der Waals surface area contributed by atoms with Crippen molar-refractivity contribution in [2.75, 3.05) is 18.3 Å². The summed E-state index contributed by atoms with van der Waals surface area (Å²) in [5.41, 5.74) is 3.92. The second-order valence-electron chi connectivity index (χ2n) is 5.42. The molecule has 0 spiro atoms. The summed E-state index contributed by atoms with van der Waals surface area (Å²) in [5.74, 6) is 7.28. The van der Waals surface area contributed by atoms with Gasteiger partial charge >= 0.3 is 0 Å². The average molecular weight is 374 g/mol. The lowest BCUT2D eigenvalue weighted by Crippen LogP contribution is -2.26. The van der Waals surface area contributed by atoms with E-state index in [0.29, 0.717) is 11.5 Å². The quantitative estimate of drug-likeness (QED) is 0.319. The zero-order valence-electron chi connectivity index (χ0n) is 14.3. The lowest BCUT2D eigenvalue weighted by atomic mass is 10.1. The maximum absolute atomic E-state index is 5.95. The van der Waals surface area contributed by atoms with E-state index >= 15 is 0 Å². The van der Waals surface area contributed by atoms with E-state index in [-0.39, 0.29) is 0 Å². The molecular formula is C17H19N5OS2. The molecule has 0 fully saturated rings. The molecular weight excluding hydrogens is 354 g/mol. The first kappa shape index (κ1) is 17.8. The number of benzene rings is 1. The summed E-state index contributed by atoms with van der Waals surface area (Å²) in [5, 5.41) is 6.48. The van der Waals surface area contributed by atoms with Gasteiger partial charge in [0.1, 0.15) is 4.38 Å². The van der Waals surface area contributed by atoms with E-state index in [1.165, 1.54) is 11.1 Å². The molecule has 6 nitrogen and oxygen atoms in total. The number of pyridine rings is 1. The van der Waals surface area contributed by atoms with Crippen molar-refractivity contribution in [1.82, 2.24) is 10.1 Å². The Kier molecular flexibility index (Phi) is 5.62. The molecule has 0 saturated heterocycles. The number of hydrogen-bond acceptors (Lipinski definition) is 8. The molecule has 25 heavy (non-hydrogen) atoms. The van der Waals surface area contributed by atoms with Gasteiger partial charge in [0.05, 0.1) is 11.1 Å². The summed E-state index contributed by atoms with van der Waals surface area (Å²) in [7, 11) is 1.85. The molecule has 0 aliphatic carbocycles. The van der Waals surface area contributed by atoms with E-state index in [4.69, 9.17) is 10.4 Å². The molecule has 2 N–H and O–H groups in total. The topological polar surface area (TPSA) is 80.5 Å². The third-order valence-electron chi connectivity index (χ3n) is 3.71. The van der Waals surface area contributed by atoms with Gasteiger partial charge < -0.3 is 9.53 Å². The minimum atomic E-state index is 0.498. The molecule has 0 aliphatic heterocycles. The van der Waals surface area contributed by atoms with Gasteiger partial charge in [-0.25, -0.2) is 15.8 Å². The second kappa shape index (κ2) is 7.90. The van der Waals surface area contributed by atoms with Crippen LogP contribution >= 0.6 is 23.5 Å². The number of aryl methyl sites for hydroxylation is 1. The Bertz CT molecular complexity index is 907. The second-order valence-corrected chi connectivity index (χ2v) is 7.43. The molecule has 0 radical (unpaired) electrons. The fourth-order valence-corrected chi connectivity index (χ4v) is 4.03. The van der Waals surface area contributed by atoms with Crippen molar-refractivity contribution >= 4 is 50.5 Å². The number of nitrogens with zero attached hydrogens (tertiary/aromatic N) is 4. The number of aromatic nitrogens is 2. The number of anilines is 1. The van der Waals surface area contributed by atoms with Crippen LogP contribution in [0.4, 0.5) is 11.5 Å². The maximum Gasteiger partial charge on any atom is 0.260 e. The number of rotatable bonds is 4. The van der Waals surface area contributed by atoms with Gasteiger partial charge in [-0.05, 0) is 42.5 Å². The van der Waals surface area contributed by atoms with Gasteiger partial charge in [0.15, 0.2) is 0 Å². The largest absolute Gasteiger partial charge is 0.334 e. The monoisotopic (exact) mass is 373 g/mol. The Morgan fingerprint density at radius 2 is 2.16 bits per heavy atom. The smallest absolute Gasteiger partial charge is 0.260 e. The van der Waals surface area contributed by atoms with Gasteiger partial charge in [0.2, 0.25) is 5.82 Å². The molecule has 0 aliphatic rings. The van der Waals surface area contributed by atoms with Crippen LogP contribution < -0.4 is 10.9 Å². The minimum Gasteiger partial charge on any atom is -0.334 e. The summed E-state index contributed by atoms with van der Waals surface area (Å²) in [6.07, 6.45) is 3.68. The summed E-state index contributed by atoms with van der Waals surface area (Å²) >= 11 is 3.24. The summed E-state index contributed by atoms with van der Waals surface area (Å²) < 4.78 is 6.13. The van der Waals surface area contributed by atoms with Crippen LogP contribution in [0.15, 0.2) is 46.0 Å². The van der Waals surface area contributed by atoms with Crippen LogP contribution in [0.2, 0.25) is 0 Å². The molecule has 0 amide bonds.